The summed E-state index contributed by atoms with van der Waals surface area (Å²) in [4.78, 5) is 12.0. The number of rotatable bonds is 4. The van der Waals surface area contributed by atoms with Gasteiger partial charge in [-0.3, -0.25) is 4.79 Å². The van der Waals surface area contributed by atoms with Gasteiger partial charge in [0.25, 0.3) is 0 Å². The molecular weight excluding hydrogens is 238 g/mol. The molecule has 1 aliphatic rings. The van der Waals surface area contributed by atoms with Crippen LogP contribution >= 0.6 is 0 Å². The zero-order chi connectivity index (χ0) is 13.7. The van der Waals surface area contributed by atoms with Crippen molar-refractivity contribution in [3.05, 3.63) is 29.8 Å². The Bertz CT molecular complexity index is 433. The van der Waals surface area contributed by atoms with Crippen LogP contribution in [0.2, 0.25) is 0 Å². The van der Waals surface area contributed by atoms with Gasteiger partial charge in [0.2, 0.25) is 5.91 Å². The van der Waals surface area contributed by atoms with E-state index in [2.05, 4.69) is 17.6 Å². The highest BCUT2D eigenvalue weighted by atomic mass is 16.1. The van der Waals surface area contributed by atoms with Gasteiger partial charge in [0.1, 0.15) is 0 Å². The van der Waals surface area contributed by atoms with Crippen LogP contribution in [-0.4, -0.2) is 24.5 Å². The number of para-hydroxylation sites is 1. The molecule has 19 heavy (non-hydrogen) atoms. The third kappa shape index (κ3) is 3.96. The maximum Gasteiger partial charge on any atom is 0.220 e. The van der Waals surface area contributed by atoms with E-state index >= 15 is 0 Å². The Morgan fingerprint density at radius 3 is 3.00 bits per heavy atom. The molecule has 2 atom stereocenters. The van der Waals surface area contributed by atoms with Gasteiger partial charge < -0.3 is 16.4 Å². The second kappa shape index (κ2) is 6.57. The van der Waals surface area contributed by atoms with Crippen LogP contribution in [0, 0.1) is 0 Å². The van der Waals surface area contributed by atoms with Gasteiger partial charge in [-0.25, -0.2) is 0 Å². The second-order valence-corrected chi connectivity index (χ2v) is 5.26. The highest BCUT2D eigenvalue weighted by molar-refractivity contribution is 5.76. The largest absolute Gasteiger partial charge is 0.399 e. The van der Waals surface area contributed by atoms with E-state index in [1.54, 1.807) is 0 Å². The maximum atomic E-state index is 12.0. The van der Waals surface area contributed by atoms with Crippen LogP contribution in [0.3, 0.4) is 0 Å². The molecule has 1 heterocycles. The van der Waals surface area contributed by atoms with Crippen molar-refractivity contribution in [1.82, 2.24) is 10.6 Å². The van der Waals surface area contributed by atoms with E-state index in [9.17, 15) is 4.79 Å². The second-order valence-electron chi connectivity index (χ2n) is 5.26. The van der Waals surface area contributed by atoms with Crippen LogP contribution in [0.15, 0.2) is 24.3 Å². The molecule has 1 aromatic rings. The van der Waals surface area contributed by atoms with Gasteiger partial charge >= 0.3 is 0 Å². The van der Waals surface area contributed by atoms with Crippen molar-refractivity contribution in [3.63, 3.8) is 0 Å². The number of nitrogen functional groups attached to an aromatic ring is 1. The van der Waals surface area contributed by atoms with Crippen LogP contribution < -0.4 is 16.4 Å². The van der Waals surface area contributed by atoms with E-state index in [1.807, 2.05) is 24.3 Å². The standard InChI is InChI=1S/C15H23N3O/c1-11-14(7-4-10-17-11)18-15(19)9-8-12-5-2-3-6-13(12)16/h2-3,5-6,11,14,17H,4,7-10,16H2,1H3,(H,18,19). The lowest BCUT2D eigenvalue weighted by molar-refractivity contribution is -0.122. The number of hydrogen-bond acceptors (Lipinski definition) is 3. The molecule has 2 unspecified atom stereocenters. The number of nitrogens with one attached hydrogen (secondary N) is 2. The molecule has 1 saturated heterocycles. The van der Waals surface area contributed by atoms with Crippen LogP contribution in [0.4, 0.5) is 5.69 Å². The molecule has 0 saturated carbocycles. The number of benzene rings is 1. The van der Waals surface area contributed by atoms with Crippen LogP contribution in [0.5, 0.6) is 0 Å². The minimum atomic E-state index is 0.115. The summed E-state index contributed by atoms with van der Waals surface area (Å²) >= 11 is 0. The monoisotopic (exact) mass is 261 g/mol. The van der Waals surface area contributed by atoms with Gasteiger partial charge in [0, 0.05) is 24.2 Å². The van der Waals surface area contributed by atoms with Crippen molar-refractivity contribution in [3.8, 4) is 0 Å². The molecule has 0 bridgehead atoms. The predicted octanol–water partition coefficient (Wildman–Crippen LogP) is 1.46. The first-order valence-corrected chi connectivity index (χ1v) is 7.03. The predicted molar refractivity (Wildman–Crippen MR) is 77.8 cm³/mol. The highest BCUT2D eigenvalue weighted by Crippen LogP contribution is 2.13. The molecule has 0 radical (unpaired) electrons. The summed E-state index contributed by atoms with van der Waals surface area (Å²) in [5.41, 5.74) is 7.69. The normalized spacial score (nSPS) is 23.0. The number of carbonyl (C=O) groups excluding carboxylic acids is 1. The summed E-state index contributed by atoms with van der Waals surface area (Å²) < 4.78 is 0. The Kier molecular flexibility index (Phi) is 4.80. The molecule has 1 aromatic carbocycles. The van der Waals surface area contributed by atoms with E-state index in [1.165, 1.54) is 0 Å². The van der Waals surface area contributed by atoms with E-state index < -0.39 is 0 Å². The molecule has 104 valence electrons. The number of anilines is 1. The minimum absolute atomic E-state index is 0.115. The van der Waals surface area contributed by atoms with Crippen molar-refractivity contribution in [2.24, 2.45) is 0 Å². The lowest BCUT2D eigenvalue weighted by Crippen LogP contribution is -2.51. The SMILES string of the molecule is CC1NCCCC1NC(=O)CCc1ccccc1N. The molecule has 1 fully saturated rings. The Balaban J connectivity index is 1.80. The molecule has 0 aliphatic carbocycles. The van der Waals surface area contributed by atoms with Crippen LogP contribution in [0.1, 0.15) is 31.7 Å². The summed E-state index contributed by atoms with van der Waals surface area (Å²) in [5, 5.41) is 6.50. The van der Waals surface area contributed by atoms with Crippen molar-refractivity contribution in [1.29, 1.82) is 0 Å². The fourth-order valence-corrected chi connectivity index (χ4v) is 2.53. The molecule has 4 heteroatoms. The number of amides is 1. The number of nitrogens with two attached hydrogens (primary N) is 1. The molecule has 4 N–H and O–H groups in total. The first-order chi connectivity index (χ1) is 9.16. The Morgan fingerprint density at radius 1 is 1.47 bits per heavy atom. The molecule has 2 rings (SSSR count). The van der Waals surface area contributed by atoms with Gasteiger partial charge in [-0.15, -0.1) is 0 Å². The van der Waals surface area contributed by atoms with Gasteiger partial charge in [-0.2, -0.15) is 0 Å². The van der Waals surface area contributed by atoms with Gasteiger partial charge in [0.15, 0.2) is 0 Å². The average Bonchev–Trinajstić information content (AvgIpc) is 2.40. The Morgan fingerprint density at radius 2 is 2.26 bits per heavy atom. The van der Waals surface area contributed by atoms with Crippen molar-refractivity contribution < 1.29 is 4.79 Å². The number of carbonyl (C=O) groups is 1. The molecule has 4 nitrogen and oxygen atoms in total. The summed E-state index contributed by atoms with van der Waals surface area (Å²) in [6.07, 6.45) is 3.39. The molecule has 0 spiro atoms. The minimum Gasteiger partial charge on any atom is -0.399 e. The zero-order valence-corrected chi connectivity index (χ0v) is 11.5. The number of aryl methyl sites for hydroxylation is 1. The summed E-state index contributed by atoms with van der Waals surface area (Å²) in [6.45, 7) is 3.17. The summed E-state index contributed by atoms with van der Waals surface area (Å²) in [6, 6.07) is 8.34. The maximum absolute atomic E-state index is 12.0. The van der Waals surface area contributed by atoms with E-state index in [0.29, 0.717) is 18.9 Å². The lowest BCUT2D eigenvalue weighted by atomic mass is 9.99. The van der Waals surface area contributed by atoms with Gasteiger partial charge in [-0.1, -0.05) is 18.2 Å². The molecule has 1 amide bonds. The van der Waals surface area contributed by atoms with E-state index in [-0.39, 0.29) is 11.9 Å². The van der Waals surface area contributed by atoms with Gasteiger partial charge in [0.05, 0.1) is 0 Å². The summed E-state index contributed by atoms with van der Waals surface area (Å²) in [5.74, 6) is 0.115. The van der Waals surface area contributed by atoms with Gasteiger partial charge in [-0.05, 0) is 44.4 Å². The first kappa shape index (κ1) is 13.9. The Hall–Kier alpha value is -1.55. The van der Waals surface area contributed by atoms with Crippen molar-refractivity contribution in [2.45, 2.75) is 44.7 Å². The smallest absolute Gasteiger partial charge is 0.220 e. The van der Waals surface area contributed by atoms with Crippen molar-refractivity contribution >= 4 is 11.6 Å². The summed E-state index contributed by atoms with van der Waals surface area (Å²) in [7, 11) is 0. The Labute approximate surface area is 114 Å². The quantitative estimate of drug-likeness (QED) is 0.719. The van der Waals surface area contributed by atoms with E-state index in [0.717, 1.165) is 30.6 Å². The molecule has 0 aromatic heterocycles. The number of hydrogen-bond donors (Lipinski definition) is 3. The molecular formula is C15H23N3O. The first-order valence-electron chi connectivity index (χ1n) is 7.03. The fourth-order valence-electron chi connectivity index (χ4n) is 2.53. The highest BCUT2D eigenvalue weighted by Gasteiger charge is 2.22. The van der Waals surface area contributed by atoms with Crippen LogP contribution in [-0.2, 0) is 11.2 Å². The number of piperidine rings is 1. The third-order valence-electron chi connectivity index (χ3n) is 3.78. The fraction of sp³-hybridized carbons (Fsp3) is 0.533. The topological polar surface area (TPSA) is 67.1 Å². The zero-order valence-electron chi connectivity index (χ0n) is 11.5. The lowest BCUT2D eigenvalue weighted by Gasteiger charge is -2.30. The average molecular weight is 261 g/mol. The van der Waals surface area contributed by atoms with Crippen LogP contribution in [0.25, 0.3) is 0 Å². The van der Waals surface area contributed by atoms with Crippen molar-refractivity contribution in [2.75, 3.05) is 12.3 Å². The molecule has 1 aliphatic heterocycles. The third-order valence-corrected chi connectivity index (χ3v) is 3.78. The van der Waals surface area contributed by atoms with E-state index in [4.69, 9.17) is 5.73 Å².